The number of ether oxygens (including phenoxy) is 1. The van der Waals surface area contributed by atoms with Crippen LogP contribution in [0.15, 0.2) is 0 Å². The zero-order valence-corrected chi connectivity index (χ0v) is 14.6. The molecule has 0 N–H and O–H groups in total. The molecule has 1 nitrogen and oxygen atoms in total. The molecule has 0 spiro atoms. The van der Waals surface area contributed by atoms with Crippen molar-refractivity contribution in [2.75, 3.05) is 7.11 Å². The zero-order chi connectivity index (χ0) is 14.9. The molecule has 0 amide bonds. The van der Waals surface area contributed by atoms with Crippen molar-refractivity contribution in [1.29, 1.82) is 0 Å². The third-order valence-corrected chi connectivity index (χ3v) is 4.37. The lowest BCUT2D eigenvalue weighted by atomic mass is 10.0. The fourth-order valence-corrected chi connectivity index (χ4v) is 2.74. The molecule has 0 aromatic rings. The standard InChI is InChI=1S/C19H40O/c1-4-5-6-7-8-9-10-11-12-13-14-15-16-17-18-19(2)20-3/h19H,4-18H2,1-3H3. The fourth-order valence-electron chi connectivity index (χ4n) is 2.74. The highest BCUT2D eigenvalue weighted by Gasteiger charge is 1.98. The van der Waals surface area contributed by atoms with E-state index < -0.39 is 0 Å². The Hall–Kier alpha value is -0.0400. The van der Waals surface area contributed by atoms with Gasteiger partial charge in [0.1, 0.15) is 0 Å². The van der Waals surface area contributed by atoms with Crippen LogP contribution in [0.2, 0.25) is 0 Å². The SMILES string of the molecule is CCCCCCCCCCCCCCCCC(C)OC. The Kier molecular flexibility index (Phi) is 17.0. The predicted molar refractivity (Wildman–Crippen MR) is 91.4 cm³/mol. The first-order valence-electron chi connectivity index (χ1n) is 9.34. The molecule has 0 aliphatic carbocycles. The Morgan fingerprint density at radius 3 is 1.30 bits per heavy atom. The predicted octanol–water partition coefficient (Wildman–Crippen LogP) is 6.89. The first-order chi connectivity index (χ1) is 9.81. The van der Waals surface area contributed by atoms with Crippen LogP contribution in [0, 0.1) is 0 Å². The molecule has 0 aromatic heterocycles. The van der Waals surface area contributed by atoms with Crippen molar-refractivity contribution in [2.45, 2.75) is 116 Å². The summed E-state index contributed by atoms with van der Waals surface area (Å²) in [5.41, 5.74) is 0. The van der Waals surface area contributed by atoms with Gasteiger partial charge in [-0.1, -0.05) is 96.8 Å². The quantitative estimate of drug-likeness (QED) is 0.280. The Morgan fingerprint density at radius 2 is 0.950 bits per heavy atom. The molecule has 0 aromatic carbocycles. The van der Waals surface area contributed by atoms with Gasteiger partial charge in [0, 0.05) is 7.11 Å². The normalized spacial score (nSPS) is 12.8. The number of rotatable bonds is 16. The lowest BCUT2D eigenvalue weighted by Gasteiger charge is -2.08. The van der Waals surface area contributed by atoms with E-state index in [1.165, 1.54) is 96.3 Å². The molecule has 0 aliphatic rings. The highest BCUT2D eigenvalue weighted by Crippen LogP contribution is 2.13. The molecule has 1 atom stereocenters. The molecule has 0 bridgehead atoms. The molecule has 0 heterocycles. The van der Waals surface area contributed by atoms with Crippen LogP contribution in [0.25, 0.3) is 0 Å². The Bertz CT molecular complexity index is 167. The van der Waals surface area contributed by atoms with Gasteiger partial charge in [-0.2, -0.15) is 0 Å². The van der Waals surface area contributed by atoms with E-state index in [1.807, 2.05) is 7.11 Å². The van der Waals surface area contributed by atoms with E-state index in [1.54, 1.807) is 0 Å². The van der Waals surface area contributed by atoms with Gasteiger partial charge < -0.3 is 4.74 Å². The fraction of sp³-hybridized carbons (Fsp3) is 1.00. The van der Waals surface area contributed by atoms with Crippen molar-refractivity contribution in [1.82, 2.24) is 0 Å². The third-order valence-electron chi connectivity index (χ3n) is 4.37. The maximum Gasteiger partial charge on any atom is 0.0543 e. The van der Waals surface area contributed by atoms with Gasteiger partial charge in [0.25, 0.3) is 0 Å². The van der Waals surface area contributed by atoms with Crippen LogP contribution in [0.4, 0.5) is 0 Å². The van der Waals surface area contributed by atoms with Gasteiger partial charge in [-0.3, -0.25) is 0 Å². The molecular weight excluding hydrogens is 244 g/mol. The Morgan fingerprint density at radius 1 is 0.600 bits per heavy atom. The van der Waals surface area contributed by atoms with Gasteiger partial charge in [-0.05, 0) is 13.3 Å². The number of hydrogen-bond acceptors (Lipinski definition) is 1. The largest absolute Gasteiger partial charge is 0.382 e. The smallest absolute Gasteiger partial charge is 0.0543 e. The Labute approximate surface area is 128 Å². The first kappa shape index (κ1) is 20.0. The molecule has 0 saturated heterocycles. The Balaban J connectivity index is 2.96. The van der Waals surface area contributed by atoms with Gasteiger partial charge in [-0.25, -0.2) is 0 Å². The summed E-state index contributed by atoms with van der Waals surface area (Å²) in [7, 11) is 1.81. The summed E-state index contributed by atoms with van der Waals surface area (Å²) >= 11 is 0. The minimum Gasteiger partial charge on any atom is -0.382 e. The van der Waals surface area contributed by atoms with Crippen LogP contribution >= 0.6 is 0 Å². The van der Waals surface area contributed by atoms with Crippen molar-refractivity contribution in [3.05, 3.63) is 0 Å². The summed E-state index contributed by atoms with van der Waals surface area (Å²) in [6, 6.07) is 0. The molecule has 122 valence electrons. The molecule has 20 heavy (non-hydrogen) atoms. The van der Waals surface area contributed by atoms with Crippen molar-refractivity contribution >= 4 is 0 Å². The molecule has 1 heteroatoms. The second kappa shape index (κ2) is 17.0. The van der Waals surface area contributed by atoms with Crippen molar-refractivity contribution in [2.24, 2.45) is 0 Å². The van der Waals surface area contributed by atoms with Crippen molar-refractivity contribution < 1.29 is 4.74 Å². The maximum absolute atomic E-state index is 5.26. The maximum atomic E-state index is 5.26. The highest BCUT2D eigenvalue weighted by molar-refractivity contribution is 4.52. The lowest BCUT2D eigenvalue weighted by Crippen LogP contribution is -2.03. The molecular formula is C19H40O. The van der Waals surface area contributed by atoms with Gasteiger partial charge in [0.2, 0.25) is 0 Å². The van der Waals surface area contributed by atoms with Crippen LogP contribution in [0.1, 0.15) is 110 Å². The summed E-state index contributed by atoms with van der Waals surface area (Å²) in [5.74, 6) is 0. The number of methoxy groups -OCH3 is 1. The molecule has 1 unspecified atom stereocenters. The lowest BCUT2D eigenvalue weighted by molar-refractivity contribution is 0.108. The van der Waals surface area contributed by atoms with Crippen molar-refractivity contribution in [3.63, 3.8) is 0 Å². The summed E-state index contributed by atoms with van der Waals surface area (Å²) in [5, 5.41) is 0. The van der Waals surface area contributed by atoms with E-state index >= 15 is 0 Å². The van der Waals surface area contributed by atoms with E-state index in [2.05, 4.69) is 13.8 Å². The van der Waals surface area contributed by atoms with Crippen LogP contribution in [0.3, 0.4) is 0 Å². The van der Waals surface area contributed by atoms with E-state index in [0.717, 1.165) is 0 Å². The summed E-state index contributed by atoms with van der Waals surface area (Å²) < 4.78 is 5.26. The van der Waals surface area contributed by atoms with Crippen LogP contribution in [0.5, 0.6) is 0 Å². The van der Waals surface area contributed by atoms with Gasteiger partial charge in [0.05, 0.1) is 6.10 Å². The van der Waals surface area contributed by atoms with E-state index in [4.69, 9.17) is 4.74 Å². The molecule has 0 radical (unpaired) electrons. The van der Waals surface area contributed by atoms with Crippen LogP contribution < -0.4 is 0 Å². The second-order valence-corrected chi connectivity index (χ2v) is 6.43. The average Bonchev–Trinajstić information content (AvgIpc) is 2.47. The minimum absolute atomic E-state index is 0.451. The summed E-state index contributed by atoms with van der Waals surface area (Å²) in [6.45, 7) is 4.46. The van der Waals surface area contributed by atoms with Crippen LogP contribution in [-0.2, 0) is 4.74 Å². The minimum atomic E-state index is 0.451. The molecule has 0 saturated carbocycles. The van der Waals surface area contributed by atoms with E-state index in [-0.39, 0.29) is 0 Å². The first-order valence-corrected chi connectivity index (χ1v) is 9.34. The van der Waals surface area contributed by atoms with Gasteiger partial charge >= 0.3 is 0 Å². The second-order valence-electron chi connectivity index (χ2n) is 6.43. The van der Waals surface area contributed by atoms with Crippen LogP contribution in [-0.4, -0.2) is 13.2 Å². The number of hydrogen-bond donors (Lipinski definition) is 0. The average molecular weight is 285 g/mol. The third kappa shape index (κ3) is 16.0. The van der Waals surface area contributed by atoms with E-state index in [0.29, 0.717) is 6.10 Å². The molecule has 0 fully saturated rings. The highest BCUT2D eigenvalue weighted by atomic mass is 16.5. The molecule has 0 rings (SSSR count). The van der Waals surface area contributed by atoms with Gasteiger partial charge in [-0.15, -0.1) is 0 Å². The zero-order valence-electron chi connectivity index (χ0n) is 14.6. The topological polar surface area (TPSA) is 9.23 Å². The molecule has 0 aliphatic heterocycles. The van der Waals surface area contributed by atoms with E-state index in [9.17, 15) is 0 Å². The number of unbranched alkanes of at least 4 members (excludes halogenated alkanes) is 13. The van der Waals surface area contributed by atoms with Gasteiger partial charge in [0.15, 0.2) is 0 Å². The van der Waals surface area contributed by atoms with Crippen molar-refractivity contribution in [3.8, 4) is 0 Å². The monoisotopic (exact) mass is 284 g/mol. The summed E-state index contributed by atoms with van der Waals surface area (Å²) in [4.78, 5) is 0. The summed E-state index contributed by atoms with van der Waals surface area (Å²) in [6.07, 6.45) is 21.8.